The SMILES string of the molecule is CC1CCC(CN)(Cc2cncc(Br)c2)C1. The van der Waals surface area contributed by atoms with Crippen LogP contribution in [0.3, 0.4) is 0 Å². The third-order valence-electron chi connectivity index (χ3n) is 3.72. The molecule has 16 heavy (non-hydrogen) atoms. The van der Waals surface area contributed by atoms with Crippen molar-refractivity contribution in [1.82, 2.24) is 4.98 Å². The van der Waals surface area contributed by atoms with Crippen molar-refractivity contribution in [2.24, 2.45) is 17.1 Å². The van der Waals surface area contributed by atoms with Gasteiger partial charge in [0, 0.05) is 16.9 Å². The zero-order chi connectivity index (χ0) is 11.6. The molecule has 0 bridgehead atoms. The fraction of sp³-hybridized carbons (Fsp3) is 0.615. The molecule has 1 heterocycles. The number of nitrogens with zero attached hydrogens (tertiary/aromatic N) is 1. The van der Waals surface area contributed by atoms with Gasteiger partial charge in [-0.3, -0.25) is 4.98 Å². The lowest BCUT2D eigenvalue weighted by Crippen LogP contribution is -2.30. The molecule has 1 aliphatic rings. The third-order valence-corrected chi connectivity index (χ3v) is 4.16. The van der Waals surface area contributed by atoms with Gasteiger partial charge in [-0.15, -0.1) is 0 Å². The molecule has 0 aliphatic heterocycles. The Kier molecular flexibility index (Phi) is 3.65. The molecule has 0 amide bonds. The topological polar surface area (TPSA) is 38.9 Å². The highest BCUT2D eigenvalue weighted by Gasteiger charge is 2.36. The summed E-state index contributed by atoms with van der Waals surface area (Å²) in [5, 5.41) is 0. The highest BCUT2D eigenvalue weighted by Crippen LogP contribution is 2.43. The van der Waals surface area contributed by atoms with Crippen LogP contribution in [-0.4, -0.2) is 11.5 Å². The quantitative estimate of drug-likeness (QED) is 0.925. The highest BCUT2D eigenvalue weighted by molar-refractivity contribution is 9.10. The molecule has 88 valence electrons. The van der Waals surface area contributed by atoms with Crippen molar-refractivity contribution in [1.29, 1.82) is 0 Å². The maximum absolute atomic E-state index is 5.98. The Labute approximate surface area is 106 Å². The standard InChI is InChI=1S/C13H19BrN2/c1-10-2-3-13(5-10,9-15)6-11-4-12(14)8-16-7-11/h4,7-8,10H,2-3,5-6,9,15H2,1H3. The Morgan fingerprint density at radius 1 is 1.56 bits per heavy atom. The molecule has 0 aromatic carbocycles. The molecular weight excluding hydrogens is 264 g/mol. The maximum atomic E-state index is 5.98. The second-order valence-electron chi connectivity index (χ2n) is 5.24. The molecule has 2 N–H and O–H groups in total. The first kappa shape index (κ1) is 12.1. The number of halogens is 1. The predicted molar refractivity (Wildman–Crippen MR) is 70.1 cm³/mol. The first-order valence-corrected chi connectivity index (χ1v) is 6.72. The van der Waals surface area contributed by atoms with Gasteiger partial charge in [-0.05, 0) is 64.7 Å². The van der Waals surface area contributed by atoms with E-state index in [0.717, 1.165) is 23.4 Å². The molecule has 1 saturated carbocycles. The minimum Gasteiger partial charge on any atom is -0.330 e. The van der Waals surface area contributed by atoms with Crippen molar-refractivity contribution in [2.75, 3.05) is 6.54 Å². The van der Waals surface area contributed by atoms with E-state index in [1.54, 1.807) is 0 Å². The highest BCUT2D eigenvalue weighted by atomic mass is 79.9. The Balaban J connectivity index is 2.13. The summed E-state index contributed by atoms with van der Waals surface area (Å²) in [6.45, 7) is 3.13. The zero-order valence-electron chi connectivity index (χ0n) is 9.75. The van der Waals surface area contributed by atoms with Crippen molar-refractivity contribution in [3.8, 4) is 0 Å². The molecule has 1 fully saturated rings. The molecule has 2 nitrogen and oxygen atoms in total. The summed E-state index contributed by atoms with van der Waals surface area (Å²) in [7, 11) is 0. The van der Waals surface area contributed by atoms with Gasteiger partial charge in [-0.2, -0.15) is 0 Å². The van der Waals surface area contributed by atoms with Crippen LogP contribution >= 0.6 is 15.9 Å². The number of rotatable bonds is 3. The Bertz CT molecular complexity index is 367. The second-order valence-corrected chi connectivity index (χ2v) is 6.16. The van der Waals surface area contributed by atoms with Crippen LogP contribution in [0.1, 0.15) is 31.7 Å². The average molecular weight is 283 g/mol. The van der Waals surface area contributed by atoms with Gasteiger partial charge >= 0.3 is 0 Å². The Morgan fingerprint density at radius 2 is 2.38 bits per heavy atom. The lowest BCUT2D eigenvalue weighted by atomic mass is 9.80. The third kappa shape index (κ3) is 2.64. The van der Waals surface area contributed by atoms with Crippen molar-refractivity contribution in [3.05, 3.63) is 28.5 Å². The molecule has 3 heteroatoms. The minimum atomic E-state index is 0.321. The number of nitrogens with two attached hydrogens (primary N) is 1. The van der Waals surface area contributed by atoms with E-state index in [9.17, 15) is 0 Å². The monoisotopic (exact) mass is 282 g/mol. The van der Waals surface area contributed by atoms with Gasteiger partial charge < -0.3 is 5.73 Å². The van der Waals surface area contributed by atoms with E-state index in [-0.39, 0.29) is 0 Å². The normalized spacial score (nSPS) is 29.6. The van der Waals surface area contributed by atoms with Gasteiger partial charge in [0.2, 0.25) is 0 Å². The number of aromatic nitrogens is 1. The minimum absolute atomic E-state index is 0.321. The van der Waals surface area contributed by atoms with Crippen LogP contribution in [0, 0.1) is 11.3 Å². The number of hydrogen-bond acceptors (Lipinski definition) is 2. The Morgan fingerprint density at radius 3 is 2.94 bits per heavy atom. The van der Waals surface area contributed by atoms with Crippen LogP contribution in [-0.2, 0) is 6.42 Å². The molecule has 0 saturated heterocycles. The molecule has 1 aliphatic carbocycles. The summed E-state index contributed by atoms with van der Waals surface area (Å²) in [5.41, 5.74) is 7.61. The molecular formula is C13H19BrN2. The molecule has 1 aromatic heterocycles. The lowest BCUT2D eigenvalue weighted by Gasteiger charge is -2.27. The van der Waals surface area contributed by atoms with Gasteiger partial charge in [-0.25, -0.2) is 0 Å². The number of pyridine rings is 1. The lowest BCUT2D eigenvalue weighted by molar-refractivity contribution is 0.295. The summed E-state index contributed by atoms with van der Waals surface area (Å²) in [6.07, 6.45) is 8.70. The summed E-state index contributed by atoms with van der Waals surface area (Å²) in [5.74, 6) is 0.823. The van der Waals surface area contributed by atoms with Crippen molar-refractivity contribution < 1.29 is 0 Å². The van der Waals surface area contributed by atoms with Crippen molar-refractivity contribution in [3.63, 3.8) is 0 Å². The Hall–Kier alpha value is -0.410. The van der Waals surface area contributed by atoms with Crippen LogP contribution in [0.15, 0.2) is 22.9 Å². The second kappa shape index (κ2) is 4.84. The van der Waals surface area contributed by atoms with Gasteiger partial charge in [0.25, 0.3) is 0 Å². The van der Waals surface area contributed by atoms with E-state index in [4.69, 9.17) is 5.73 Å². The summed E-state index contributed by atoms with van der Waals surface area (Å²) in [6, 6.07) is 2.16. The maximum Gasteiger partial charge on any atom is 0.0410 e. The fourth-order valence-corrected chi connectivity index (χ4v) is 3.31. The van der Waals surface area contributed by atoms with Crippen molar-refractivity contribution >= 4 is 15.9 Å². The van der Waals surface area contributed by atoms with Gasteiger partial charge in [-0.1, -0.05) is 13.3 Å². The van der Waals surface area contributed by atoms with E-state index in [2.05, 4.69) is 33.9 Å². The molecule has 2 atom stereocenters. The van der Waals surface area contributed by atoms with Gasteiger partial charge in [0.15, 0.2) is 0 Å². The van der Waals surface area contributed by atoms with E-state index in [1.807, 2.05) is 12.4 Å². The van der Waals surface area contributed by atoms with E-state index in [1.165, 1.54) is 24.8 Å². The van der Waals surface area contributed by atoms with Crippen molar-refractivity contribution in [2.45, 2.75) is 32.6 Å². The van der Waals surface area contributed by atoms with Gasteiger partial charge in [0.1, 0.15) is 0 Å². The molecule has 2 rings (SSSR count). The molecule has 2 unspecified atom stereocenters. The zero-order valence-corrected chi connectivity index (χ0v) is 11.3. The van der Waals surface area contributed by atoms with Crippen LogP contribution in [0.5, 0.6) is 0 Å². The summed E-state index contributed by atoms with van der Waals surface area (Å²) >= 11 is 3.47. The fourth-order valence-electron chi connectivity index (χ4n) is 2.90. The molecule has 1 aromatic rings. The molecule has 0 spiro atoms. The smallest absolute Gasteiger partial charge is 0.0410 e. The first-order valence-electron chi connectivity index (χ1n) is 5.93. The largest absolute Gasteiger partial charge is 0.330 e. The van der Waals surface area contributed by atoms with E-state index < -0.39 is 0 Å². The first-order chi connectivity index (χ1) is 7.63. The van der Waals surface area contributed by atoms with E-state index >= 15 is 0 Å². The predicted octanol–water partition coefficient (Wildman–Crippen LogP) is 3.15. The summed E-state index contributed by atoms with van der Waals surface area (Å²) < 4.78 is 1.06. The molecule has 0 radical (unpaired) electrons. The number of hydrogen-bond donors (Lipinski definition) is 1. The van der Waals surface area contributed by atoms with Crippen LogP contribution < -0.4 is 5.73 Å². The van der Waals surface area contributed by atoms with Crippen LogP contribution in [0.4, 0.5) is 0 Å². The average Bonchev–Trinajstić information content (AvgIpc) is 2.61. The summed E-state index contributed by atoms with van der Waals surface area (Å²) in [4.78, 5) is 4.22. The van der Waals surface area contributed by atoms with Crippen LogP contribution in [0.25, 0.3) is 0 Å². The van der Waals surface area contributed by atoms with Gasteiger partial charge in [0.05, 0.1) is 0 Å². The van der Waals surface area contributed by atoms with Crippen LogP contribution in [0.2, 0.25) is 0 Å². The van der Waals surface area contributed by atoms with E-state index in [0.29, 0.717) is 5.41 Å².